The number of benzene rings is 1. The third-order valence-corrected chi connectivity index (χ3v) is 1.80. The molecule has 0 aliphatic rings. The Labute approximate surface area is 77.5 Å². The van der Waals surface area contributed by atoms with Crippen LogP contribution >= 0.6 is 0 Å². The van der Waals surface area contributed by atoms with Gasteiger partial charge in [-0.3, -0.25) is 0 Å². The van der Waals surface area contributed by atoms with E-state index in [1.807, 2.05) is 0 Å². The molecule has 1 aromatic rings. The van der Waals surface area contributed by atoms with Crippen LogP contribution in [0.25, 0.3) is 0 Å². The van der Waals surface area contributed by atoms with Crippen LogP contribution in [0, 0.1) is 18.2 Å². The fourth-order valence-electron chi connectivity index (χ4n) is 1.06. The van der Waals surface area contributed by atoms with Crippen molar-refractivity contribution in [2.24, 2.45) is 0 Å². The maximum atomic E-state index is 13.2. The molecule has 0 N–H and O–H groups in total. The molecule has 0 aliphatic carbocycles. The second-order valence-corrected chi connectivity index (χ2v) is 2.66. The first-order chi connectivity index (χ1) is 6.27. The van der Waals surface area contributed by atoms with Crippen LogP contribution in [-0.4, -0.2) is 7.11 Å². The maximum Gasteiger partial charge on any atom is 0.130 e. The highest BCUT2D eigenvalue weighted by molar-refractivity contribution is 5.29. The van der Waals surface area contributed by atoms with Crippen molar-refractivity contribution in [3.05, 3.63) is 29.6 Å². The third kappa shape index (κ3) is 2.48. The van der Waals surface area contributed by atoms with Crippen LogP contribution in [-0.2, 0) is 6.42 Å². The highest BCUT2D eigenvalue weighted by atomic mass is 19.1. The van der Waals surface area contributed by atoms with Crippen LogP contribution in [0.2, 0.25) is 0 Å². The van der Waals surface area contributed by atoms with Gasteiger partial charge in [0.2, 0.25) is 0 Å². The normalized spacial score (nSPS) is 9.31. The van der Waals surface area contributed by atoms with E-state index in [0.717, 1.165) is 0 Å². The van der Waals surface area contributed by atoms with Crippen molar-refractivity contribution in [1.82, 2.24) is 0 Å². The van der Waals surface area contributed by atoms with E-state index in [0.29, 0.717) is 24.2 Å². The maximum absolute atomic E-state index is 13.2. The summed E-state index contributed by atoms with van der Waals surface area (Å²) in [5.41, 5.74) is 0.638. The van der Waals surface area contributed by atoms with E-state index in [4.69, 9.17) is 11.2 Å². The lowest BCUT2D eigenvalue weighted by Gasteiger charge is -2.03. The van der Waals surface area contributed by atoms with Crippen molar-refractivity contribution in [2.45, 2.75) is 12.8 Å². The van der Waals surface area contributed by atoms with Crippen molar-refractivity contribution in [3.8, 4) is 18.1 Å². The Morgan fingerprint density at radius 3 is 2.85 bits per heavy atom. The Morgan fingerprint density at radius 1 is 1.54 bits per heavy atom. The fraction of sp³-hybridized carbons (Fsp3) is 0.273. The van der Waals surface area contributed by atoms with Crippen LogP contribution < -0.4 is 4.74 Å². The minimum absolute atomic E-state index is 0.255. The molecule has 0 atom stereocenters. The van der Waals surface area contributed by atoms with E-state index >= 15 is 0 Å². The first-order valence-electron chi connectivity index (χ1n) is 4.04. The predicted octanol–water partition coefficient (Wildman–Crippen LogP) is 2.40. The summed E-state index contributed by atoms with van der Waals surface area (Å²) in [6.07, 6.45) is 6.22. The quantitative estimate of drug-likeness (QED) is 0.646. The molecule has 0 spiro atoms. The summed E-state index contributed by atoms with van der Waals surface area (Å²) in [5, 5.41) is 0. The lowest BCUT2D eigenvalue weighted by molar-refractivity contribution is 0.410. The van der Waals surface area contributed by atoms with Crippen molar-refractivity contribution in [3.63, 3.8) is 0 Å². The molecular weight excluding hydrogens is 167 g/mol. The van der Waals surface area contributed by atoms with E-state index in [9.17, 15) is 4.39 Å². The number of halogens is 1. The molecule has 0 radical (unpaired) electrons. The summed E-state index contributed by atoms with van der Waals surface area (Å²) in [5.74, 6) is 2.75. The molecule has 2 heteroatoms. The van der Waals surface area contributed by atoms with Gasteiger partial charge in [0, 0.05) is 12.5 Å². The van der Waals surface area contributed by atoms with Gasteiger partial charge < -0.3 is 4.74 Å². The van der Waals surface area contributed by atoms with E-state index in [-0.39, 0.29) is 5.82 Å². The van der Waals surface area contributed by atoms with Gasteiger partial charge in [-0.1, -0.05) is 6.07 Å². The van der Waals surface area contributed by atoms with E-state index < -0.39 is 0 Å². The molecule has 13 heavy (non-hydrogen) atoms. The molecule has 0 unspecified atom stereocenters. The third-order valence-electron chi connectivity index (χ3n) is 1.80. The van der Waals surface area contributed by atoms with Gasteiger partial charge >= 0.3 is 0 Å². The Balaban J connectivity index is 2.80. The second kappa shape index (κ2) is 4.51. The number of terminal acetylenes is 1. The van der Waals surface area contributed by atoms with Crippen molar-refractivity contribution in [1.29, 1.82) is 0 Å². The molecule has 0 amide bonds. The van der Waals surface area contributed by atoms with Crippen LogP contribution in [0.4, 0.5) is 4.39 Å². The Bertz CT molecular complexity index is 325. The summed E-state index contributed by atoms with van der Waals surface area (Å²) in [7, 11) is 1.51. The molecule has 0 fully saturated rings. The molecule has 0 saturated heterocycles. The second-order valence-electron chi connectivity index (χ2n) is 2.66. The monoisotopic (exact) mass is 178 g/mol. The average molecular weight is 178 g/mol. The van der Waals surface area contributed by atoms with Crippen LogP contribution in [0.15, 0.2) is 18.2 Å². The highest BCUT2D eigenvalue weighted by Crippen LogP contribution is 2.17. The zero-order valence-electron chi connectivity index (χ0n) is 7.51. The molecule has 0 bridgehead atoms. The number of ether oxygens (including phenoxy) is 1. The molecule has 0 aliphatic heterocycles. The zero-order chi connectivity index (χ0) is 9.68. The van der Waals surface area contributed by atoms with Crippen LogP contribution in [0.1, 0.15) is 12.0 Å². The van der Waals surface area contributed by atoms with Crippen molar-refractivity contribution in [2.75, 3.05) is 7.11 Å². The summed E-state index contributed by atoms with van der Waals surface area (Å²) in [6, 6.07) is 4.80. The molecule has 68 valence electrons. The number of rotatable bonds is 3. The highest BCUT2D eigenvalue weighted by Gasteiger charge is 2.02. The van der Waals surface area contributed by atoms with Gasteiger partial charge in [0.15, 0.2) is 0 Å². The summed E-state index contributed by atoms with van der Waals surface area (Å²) in [6.45, 7) is 0. The molecule has 1 nitrogen and oxygen atoms in total. The topological polar surface area (TPSA) is 9.23 Å². The van der Waals surface area contributed by atoms with Gasteiger partial charge in [0.05, 0.1) is 7.11 Å². The smallest absolute Gasteiger partial charge is 0.130 e. The number of hydrogen-bond donors (Lipinski definition) is 0. The Morgan fingerprint density at radius 2 is 2.31 bits per heavy atom. The summed E-state index contributed by atoms with van der Waals surface area (Å²) < 4.78 is 18.1. The largest absolute Gasteiger partial charge is 0.497 e. The average Bonchev–Trinajstić information content (AvgIpc) is 2.16. The van der Waals surface area contributed by atoms with Crippen molar-refractivity contribution < 1.29 is 9.13 Å². The van der Waals surface area contributed by atoms with Crippen LogP contribution in [0.3, 0.4) is 0 Å². The van der Waals surface area contributed by atoms with E-state index in [2.05, 4.69) is 5.92 Å². The van der Waals surface area contributed by atoms with Gasteiger partial charge in [-0.05, 0) is 18.1 Å². The Kier molecular flexibility index (Phi) is 3.33. The number of methoxy groups -OCH3 is 1. The molecule has 1 rings (SSSR count). The van der Waals surface area contributed by atoms with E-state index in [1.54, 1.807) is 12.1 Å². The van der Waals surface area contributed by atoms with Gasteiger partial charge in [-0.25, -0.2) is 4.39 Å². The van der Waals surface area contributed by atoms with Gasteiger partial charge in [-0.2, -0.15) is 0 Å². The predicted molar refractivity (Wildman–Crippen MR) is 50.1 cm³/mol. The standard InChI is InChI=1S/C11H11FO/c1-3-4-5-9-6-7-10(13-2)8-11(9)12/h1,6-8H,4-5H2,2H3. The van der Waals surface area contributed by atoms with E-state index in [1.165, 1.54) is 13.2 Å². The summed E-state index contributed by atoms with van der Waals surface area (Å²) in [4.78, 5) is 0. The van der Waals surface area contributed by atoms with Crippen LogP contribution in [0.5, 0.6) is 5.75 Å². The van der Waals surface area contributed by atoms with Gasteiger partial charge in [0.25, 0.3) is 0 Å². The minimum Gasteiger partial charge on any atom is -0.497 e. The number of aryl methyl sites for hydroxylation is 1. The first kappa shape index (κ1) is 9.60. The molecular formula is C11H11FO. The first-order valence-corrected chi connectivity index (χ1v) is 4.04. The molecule has 0 aromatic heterocycles. The fourth-order valence-corrected chi connectivity index (χ4v) is 1.06. The lowest BCUT2D eigenvalue weighted by atomic mass is 10.1. The minimum atomic E-state index is -0.255. The van der Waals surface area contributed by atoms with Crippen molar-refractivity contribution >= 4 is 0 Å². The summed E-state index contributed by atoms with van der Waals surface area (Å²) >= 11 is 0. The lowest BCUT2D eigenvalue weighted by Crippen LogP contribution is -1.91. The Hall–Kier alpha value is -1.49. The zero-order valence-corrected chi connectivity index (χ0v) is 7.51. The van der Waals surface area contributed by atoms with Gasteiger partial charge in [0.1, 0.15) is 11.6 Å². The molecule has 0 saturated carbocycles. The molecule has 0 heterocycles. The SMILES string of the molecule is C#CCCc1ccc(OC)cc1F. The van der Waals surface area contributed by atoms with Gasteiger partial charge in [-0.15, -0.1) is 12.3 Å². The number of hydrogen-bond acceptors (Lipinski definition) is 1. The molecule has 1 aromatic carbocycles.